The van der Waals surface area contributed by atoms with Crippen molar-refractivity contribution in [2.24, 2.45) is 5.73 Å². The second-order valence-corrected chi connectivity index (χ2v) is 7.01. The maximum atomic E-state index is 11.4. The minimum atomic E-state index is -0.159. The number of nitrogens with two attached hydrogens (primary N) is 1. The molecule has 0 rings (SSSR count). The molecule has 0 fully saturated rings. The van der Waals surface area contributed by atoms with Gasteiger partial charge in [0.25, 0.3) is 5.91 Å². The predicted octanol–water partition coefficient (Wildman–Crippen LogP) is 3.86. The first-order valence-electron chi connectivity index (χ1n) is 8.50. The molecule has 1 unspecified atom stereocenters. The molecule has 3 heteroatoms. The van der Waals surface area contributed by atoms with Crippen LogP contribution < -0.4 is 5.73 Å². The molecular formula is C17H37N2O+. The molecule has 0 aliphatic rings. The van der Waals surface area contributed by atoms with Gasteiger partial charge in [0.05, 0.1) is 21.1 Å². The largest absolute Gasteiger partial charge is 0.365 e. The zero-order valence-electron chi connectivity index (χ0n) is 14.3. The van der Waals surface area contributed by atoms with E-state index in [9.17, 15) is 4.79 Å². The standard InChI is InChI=1S/C17H36N2O/c1-5-6-7-8-9-10-11-12-13-14-15-16(17(18)20)19(2,3)4/h16H,5-15H2,1-4H3,(H-,18,20)/p+1. The Morgan fingerprint density at radius 1 is 0.850 bits per heavy atom. The smallest absolute Gasteiger partial charge is 0.275 e. The normalized spacial score (nSPS) is 13.4. The van der Waals surface area contributed by atoms with E-state index in [0.29, 0.717) is 4.48 Å². The van der Waals surface area contributed by atoms with E-state index < -0.39 is 0 Å². The first kappa shape index (κ1) is 19.4. The van der Waals surface area contributed by atoms with Crippen molar-refractivity contribution in [3.8, 4) is 0 Å². The van der Waals surface area contributed by atoms with Crippen molar-refractivity contribution in [3.63, 3.8) is 0 Å². The maximum absolute atomic E-state index is 11.4. The van der Waals surface area contributed by atoms with Crippen LogP contribution in [0.1, 0.15) is 77.6 Å². The summed E-state index contributed by atoms with van der Waals surface area (Å²) in [6.45, 7) is 2.26. The van der Waals surface area contributed by atoms with E-state index >= 15 is 0 Å². The molecule has 0 aliphatic carbocycles. The highest BCUT2D eigenvalue weighted by atomic mass is 16.1. The van der Waals surface area contributed by atoms with Gasteiger partial charge < -0.3 is 10.2 Å². The van der Waals surface area contributed by atoms with E-state index in [1.807, 2.05) is 21.1 Å². The van der Waals surface area contributed by atoms with E-state index in [0.717, 1.165) is 12.8 Å². The Kier molecular flexibility index (Phi) is 10.8. The summed E-state index contributed by atoms with van der Waals surface area (Å²) in [5.74, 6) is -0.159. The zero-order chi connectivity index (χ0) is 15.4. The summed E-state index contributed by atoms with van der Waals surface area (Å²) in [4.78, 5) is 11.4. The van der Waals surface area contributed by atoms with Crippen molar-refractivity contribution >= 4 is 5.91 Å². The van der Waals surface area contributed by atoms with Crippen molar-refractivity contribution in [1.29, 1.82) is 0 Å². The van der Waals surface area contributed by atoms with Crippen molar-refractivity contribution in [1.82, 2.24) is 0 Å². The number of hydrogen-bond donors (Lipinski definition) is 1. The number of carbonyl (C=O) groups is 1. The van der Waals surface area contributed by atoms with Crippen LogP contribution in [0, 0.1) is 0 Å². The molecule has 0 bridgehead atoms. The van der Waals surface area contributed by atoms with Crippen molar-refractivity contribution in [2.75, 3.05) is 21.1 Å². The molecule has 120 valence electrons. The molecule has 1 atom stereocenters. The van der Waals surface area contributed by atoms with Gasteiger partial charge in [0, 0.05) is 6.42 Å². The number of amides is 1. The Hall–Kier alpha value is -0.570. The Morgan fingerprint density at radius 3 is 1.60 bits per heavy atom. The van der Waals surface area contributed by atoms with Gasteiger partial charge in [-0.15, -0.1) is 0 Å². The van der Waals surface area contributed by atoms with Crippen molar-refractivity contribution in [3.05, 3.63) is 0 Å². The summed E-state index contributed by atoms with van der Waals surface area (Å²) in [6.07, 6.45) is 14.2. The van der Waals surface area contributed by atoms with Gasteiger partial charge in [-0.3, -0.25) is 4.79 Å². The quantitative estimate of drug-likeness (QED) is 0.405. The molecule has 0 aromatic rings. The molecule has 0 aromatic heterocycles. The number of quaternary nitrogens is 1. The molecule has 0 aliphatic heterocycles. The Morgan fingerprint density at radius 2 is 1.25 bits per heavy atom. The van der Waals surface area contributed by atoms with Crippen LogP contribution in [0.3, 0.4) is 0 Å². The zero-order valence-corrected chi connectivity index (χ0v) is 14.3. The van der Waals surface area contributed by atoms with Crippen molar-refractivity contribution in [2.45, 2.75) is 83.6 Å². The fraction of sp³-hybridized carbons (Fsp3) is 0.941. The third-order valence-electron chi connectivity index (χ3n) is 4.09. The number of unbranched alkanes of at least 4 members (excludes halogenated alkanes) is 9. The van der Waals surface area contributed by atoms with Crippen LogP contribution in [0.5, 0.6) is 0 Å². The monoisotopic (exact) mass is 285 g/mol. The third-order valence-corrected chi connectivity index (χ3v) is 4.09. The summed E-state index contributed by atoms with van der Waals surface area (Å²) in [7, 11) is 6.14. The Bertz CT molecular complexity index is 246. The van der Waals surface area contributed by atoms with Crippen LogP contribution in [0.2, 0.25) is 0 Å². The van der Waals surface area contributed by atoms with Crippen LogP contribution >= 0.6 is 0 Å². The molecule has 0 saturated carbocycles. The summed E-state index contributed by atoms with van der Waals surface area (Å²) in [5, 5.41) is 0. The summed E-state index contributed by atoms with van der Waals surface area (Å²) < 4.78 is 0.646. The van der Waals surface area contributed by atoms with Gasteiger partial charge in [0.1, 0.15) is 0 Å². The molecule has 0 aromatic carbocycles. The van der Waals surface area contributed by atoms with Crippen LogP contribution in [0.4, 0.5) is 0 Å². The molecule has 1 amide bonds. The highest BCUT2D eigenvalue weighted by molar-refractivity contribution is 5.78. The highest BCUT2D eigenvalue weighted by Crippen LogP contribution is 2.15. The van der Waals surface area contributed by atoms with Crippen LogP contribution in [0.25, 0.3) is 0 Å². The minimum Gasteiger partial charge on any atom is -0.365 e. The average molecular weight is 285 g/mol. The number of carbonyl (C=O) groups excluding carboxylic acids is 1. The van der Waals surface area contributed by atoms with E-state index in [2.05, 4.69) is 6.92 Å². The molecule has 0 saturated heterocycles. The van der Waals surface area contributed by atoms with Gasteiger partial charge in [0.15, 0.2) is 6.04 Å². The number of primary amides is 1. The summed E-state index contributed by atoms with van der Waals surface area (Å²) in [5.41, 5.74) is 5.49. The number of nitrogens with zero attached hydrogens (tertiary/aromatic N) is 1. The second kappa shape index (κ2) is 11.1. The lowest BCUT2D eigenvalue weighted by atomic mass is 10.0. The molecule has 2 N–H and O–H groups in total. The second-order valence-electron chi connectivity index (χ2n) is 7.01. The maximum Gasteiger partial charge on any atom is 0.275 e. The van der Waals surface area contributed by atoms with Gasteiger partial charge >= 0.3 is 0 Å². The molecule has 0 radical (unpaired) electrons. The molecule has 0 heterocycles. The SMILES string of the molecule is CCCCCCCCCCCCC(C(N)=O)[N+](C)(C)C. The first-order chi connectivity index (χ1) is 9.39. The highest BCUT2D eigenvalue weighted by Gasteiger charge is 2.28. The Balaban J connectivity index is 3.49. The van der Waals surface area contributed by atoms with Gasteiger partial charge in [-0.1, -0.05) is 64.7 Å². The van der Waals surface area contributed by atoms with E-state index in [1.165, 1.54) is 57.8 Å². The molecule has 20 heavy (non-hydrogen) atoms. The van der Waals surface area contributed by atoms with E-state index in [-0.39, 0.29) is 11.9 Å². The summed E-state index contributed by atoms with van der Waals surface area (Å²) in [6, 6.07) is -0.0379. The van der Waals surface area contributed by atoms with Crippen LogP contribution in [-0.2, 0) is 4.79 Å². The van der Waals surface area contributed by atoms with Crippen LogP contribution in [0.15, 0.2) is 0 Å². The van der Waals surface area contributed by atoms with Gasteiger partial charge in [-0.2, -0.15) is 0 Å². The molecule has 0 spiro atoms. The van der Waals surface area contributed by atoms with E-state index in [1.54, 1.807) is 0 Å². The fourth-order valence-corrected chi connectivity index (χ4v) is 2.74. The first-order valence-corrected chi connectivity index (χ1v) is 8.50. The van der Waals surface area contributed by atoms with E-state index in [4.69, 9.17) is 5.73 Å². The minimum absolute atomic E-state index is 0.0379. The lowest BCUT2D eigenvalue weighted by molar-refractivity contribution is -0.886. The third kappa shape index (κ3) is 10.2. The fourth-order valence-electron chi connectivity index (χ4n) is 2.74. The van der Waals surface area contributed by atoms with Gasteiger partial charge in [-0.25, -0.2) is 0 Å². The van der Waals surface area contributed by atoms with Gasteiger partial charge in [0.2, 0.25) is 0 Å². The summed E-state index contributed by atoms with van der Waals surface area (Å²) >= 11 is 0. The lowest BCUT2D eigenvalue weighted by Crippen LogP contribution is -2.52. The van der Waals surface area contributed by atoms with Gasteiger partial charge in [-0.05, 0) is 6.42 Å². The average Bonchev–Trinajstić information content (AvgIpc) is 2.34. The predicted molar refractivity (Wildman–Crippen MR) is 87.5 cm³/mol. The lowest BCUT2D eigenvalue weighted by Gasteiger charge is -2.31. The number of rotatable bonds is 13. The molecule has 3 nitrogen and oxygen atoms in total. The number of hydrogen-bond acceptors (Lipinski definition) is 1. The van der Waals surface area contributed by atoms with Crippen LogP contribution in [-0.4, -0.2) is 37.6 Å². The van der Waals surface area contributed by atoms with Crippen molar-refractivity contribution < 1.29 is 9.28 Å². The Labute approximate surface area is 126 Å². The topological polar surface area (TPSA) is 43.1 Å². The number of likely N-dealkylation sites (N-methyl/N-ethyl adjacent to an activating group) is 1. The molecular weight excluding hydrogens is 248 g/mol.